The SMILES string of the molecule is CCC1(C(CC2CC2)NC)CCCC1. The topological polar surface area (TPSA) is 12.0 Å². The predicted molar refractivity (Wildman–Crippen MR) is 61.4 cm³/mol. The summed E-state index contributed by atoms with van der Waals surface area (Å²) in [4.78, 5) is 0. The fourth-order valence-corrected chi connectivity index (χ4v) is 3.39. The van der Waals surface area contributed by atoms with Crippen LogP contribution >= 0.6 is 0 Å². The average Bonchev–Trinajstić information content (AvgIpc) is 2.91. The van der Waals surface area contributed by atoms with Crippen molar-refractivity contribution in [2.45, 2.75) is 64.3 Å². The summed E-state index contributed by atoms with van der Waals surface area (Å²) >= 11 is 0. The molecule has 0 saturated heterocycles. The Kier molecular flexibility index (Phi) is 3.16. The van der Waals surface area contributed by atoms with Gasteiger partial charge in [0, 0.05) is 6.04 Å². The third kappa shape index (κ3) is 1.98. The minimum Gasteiger partial charge on any atom is -0.316 e. The zero-order valence-electron chi connectivity index (χ0n) is 9.81. The number of nitrogens with one attached hydrogen (secondary N) is 1. The molecule has 0 radical (unpaired) electrons. The van der Waals surface area contributed by atoms with Gasteiger partial charge in [-0.3, -0.25) is 0 Å². The van der Waals surface area contributed by atoms with Crippen LogP contribution in [0.15, 0.2) is 0 Å². The van der Waals surface area contributed by atoms with Crippen LogP contribution < -0.4 is 5.32 Å². The summed E-state index contributed by atoms with van der Waals surface area (Å²) in [6, 6.07) is 0.808. The van der Waals surface area contributed by atoms with Crippen LogP contribution in [0.3, 0.4) is 0 Å². The summed E-state index contributed by atoms with van der Waals surface area (Å²) in [6.45, 7) is 2.39. The molecule has 2 aliphatic carbocycles. The van der Waals surface area contributed by atoms with Crippen LogP contribution in [-0.4, -0.2) is 13.1 Å². The molecule has 0 amide bonds. The molecule has 1 heteroatoms. The molecule has 1 N–H and O–H groups in total. The van der Waals surface area contributed by atoms with Crippen molar-refractivity contribution in [3.05, 3.63) is 0 Å². The average molecular weight is 195 g/mol. The Morgan fingerprint density at radius 1 is 1.29 bits per heavy atom. The van der Waals surface area contributed by atoms with Crippen LogP contribution in [-0.2, 0) is 0 Å². The van der Waals surface area contributed by atoms with Gasteiger partial charge in [-0.1, -0.05) is 32.6 Å². The van der Waals surface area contributed by atoms with Crippen molar-refractivity contribution in [1.29, 1.82) is 0 Å². The summed E-state index contributed by atoms with van der Waals surface area (Å²) in [6.07, 6.45) is 11.7. The molecule has 1 unspecified atom stereocenters. The van der Waals surface area contributed by atoms with Crippen LogP contribution in [0.1, 0.15) is 58.3 Å². The van der Waals surface area contributed by atoms with Gasteiger partial charge in [-0.2, -0.15) is 0 Å². The van der Waals surface area contributed by atoms with Crippen molar-refractivity contribution in [2.24, 2.45) is 11.3 Å². The maximum Gasteiger partial charge on any atom is 0.0123 e. The van der Waals surface area contributed by atoms with E-state index in [1.54, 1.807) is 0 Å². The van der Waals surface area contributed by atoms with E-state index in [9.17, 15) is 0 Å². The van der Waals surface area contributed by atoms with E-state index in [1.165, 1.54) is 51.4 Å². The van der Waals surface area contributed by atoms with E-state index < -0.39 is 0 Å². The monoisotopic (exact) mass is 195 g/mol. The maximum atomic E-state index is 3.61. The quantitative estimate of drug-likeness (QED) is 0.709. The zero-order chi connectivity index (χ0) is 10.0. The van der Waals surface area contributed by atoms with Crippen molar-refractivity contribution >= 4 is 0 Å². The van der Waals surface area contributed by atoms with Gasteiger partial charge in [0.25, 0.3) is 0 Å². The van der Waals surface area contributed by atoms with Crippen LogP contribution in [0.5, 0.6) is 0 Å². The molecule has 14 heavy (non-hydrogen) atoms. The lowest BCUT2D eigenvalue weighted by atomic mass is 9.74. The Morgan fingerprint density at radius 2 is 1.93 bits per heavy atom. The number of hydrogen-bond donors (Lipinski definition) is 1. The molecule has 0 aromatic rings. The second kappa shape index (κ2) is 4.22. The van der Waals surface area contributed by atoms with Gasteiger partial charge in [0.1, 0.15) is 0 Å². The highest BCUT2D eigenvalue weighted by molar-refractivity contribution is 4.95. The highest BCUT2D eigenvalue weighted by Crippen LogP contribution is 2.47. The van der Waals surface area contributed by atoms with E-state index in [-0.39, 0.29) is 0 Å². The smallest absolute Gasteiger partial charge is 0.0123 e. The number of hydrogen-bond acceptors (Lipinski definition) is 1. The molecule has 1 nitrogen and oxygen atoms in total. The van der Waals surface area contributed by atoms with Gasteiger partial charge in [-0.05, 0) is 44.1 Å². The van der Waals surface area contributed by atoms with E-state index in [1.807, 2.05) is 0 Å². The molecule has 0 aromatic heterocycles. The molecular weight excluding hydrogens is 170 g/mol. The molecule has 2 aliphatic rings. The molecule has 2 fully saturated rings. The standard InChI is InChI=1S/C13H25N/c1-3-13(8-4-5-9-13)12(14-2)10-11-6-7-11/h11-12,14H,3-10H2,1-2H3. The van der Waals surface area contributed by atoms with Crippen molar-refractivity contribution in [1.82, 2.24) is 5.32 Å². The Balaban J connectivity index is 1.98. The minimum atomic E-state index is 0.664. The van der Waals surface area contributed by atoms with Gasteiger partial charge in [0.05, 0.1) is 0 Å². The van der Waals surface area contributed by atoms with Gasteiger partial charge < -0.3 is 5.32 Å². The lowest BCUT2D eigenvalue weighted by Crippen LogP contribution is -2.42. The second-order valence-electron chi connectivity index (χ2n) is 5.44. The number of rotatable bonds is 5. The van der Waals surface area contributed by atoms with E-state index in [2.05, 4.69) is 19.3 Å². The van der Waals surface area contributed by atoms with Crippen LogP contribution in [0.2, 0.25) is 0 Å². The van der Waals surface area contributed by atoms with Gasteiger partial charge in [-0.15, -0.1) is 0 Å². The Bertz CT molecular complexity index is 178. The summed E-state index contributed by atoms with van der Waals surface area (Å²) < 4.78 is 0. The largest absolute Gasteiger partial charge is 0.316 e. The van der Waals surface area contributed by atoms with Gasteiger partial charge >= 0.3 is 0 Å². The maximum absolute atomic E-state index is 3.61. The first kappa shape index (κ1) is 10.5. The minimum absolute atomic E-state index is 0.664. The summed E-state index contributed by atoms with van der Waals surface area (Å²) in [5.74, 6) is 1.07. The van der Waals surface area contributed by atoms with Gasteiger partial charge in [0.15, 0.2) is 0 Å². The highest BCUT2D eigenvalue weighted by Gasteiger charge is 2.41. The molecule has 2 saturated carbocycles. The molecule has 0 aliphatic heterocycles. The molecule has 0 spiro atoms. The lowest BCUT2D eigenvalue weighted by molar-refractivity contribution is 0.179. The first-order chi connectivity index (χ1) is 6.80. The third-order valence-electron chi connectivity index (χ3n) is 4.66. The normalized spacial score (nSPS) is 27.9. The molecule has 0 heterocycles. The molecular formula is C13H25N. The van der Waals surface area contributed by atoms with Crippen molar-refractivity contribution in [3.8, 4) is 0 Å². The van der Waals surface area contributed by atoms with Crippen molar-refractivity contribution < 1.29 is 0 Å². The van der Waals surface area contributed by atoms with E-state index in [0.717, 1.165) is 12.0 Å². The first-order valence-corrected chi connectivity index (χ1v) is 6.48. The van der Waals surface area contributed by atoms with Crippen LogP contribution in [0.4, 0.5) is 0 Å². The van der Waals surface area contributed by atoms with Crippen molar-refractivity contribution in [3.63, 3.8) is 0 Å². The van der Waals surface area contributed by atoms with Crippen LogP contribution in [0.25, 0.3) is 0 Å². The summed E-state index contributed by atoms with van der Waals surface area (Å²) in [7, 11) is 2.17. The fraction of sp³-hybridized carbons (Fsp3) is 1.00. The zero-order valence-corrected chi connectivity index (χ0v) is 9.81. The Labute approximate surface area is 88.7 Å². The first-order valence-electron chi connectivity index (χ1n) is 6.48. The van der Waals surface area contributed by atoms with Crippen molar-refractivity contribution in [2.75, 3.05) is 7.05 Å². The molecule has 1 atom stereocenters. The van der Waals surface area contributed by atoms with E-state index in [4.69, 9.17) is 0 Å². The molecule has 0 aromatic carbocycles. The van der Waals surface area contributed by atoms with Crippen LogP contribution in [0, 0.1) is 11.3 Å². The third-order valence-corrected chi connectivity index (χ3v) is 4.66. The van der Waals surface area contributed by atoms with Gasteiger partial charge in [-0.25, -0.2) is 0 Å². The summed E-state index contributed by atoms with van der Waals surface area (Å²) in [5.41, 5.74) is 0.664. The summed E-state index contributed by atoms with van der Waals surface area (Å²) in [5, 5.41) is 3.61. The lowest BCUT2D eigenvalue weighted by Gasteiger charge is -2.37. The fourth-order valence-electron chi connectivity index (χ4n) is 3.39. The van der Waals surface area contributed by atoms with E-state index >= 15 is 0 Å². The highest BCUT2D eigenvalue weighted by atomic mass is 14.9. The predicted octanol–water partition coefficient (Wildman–Crippen LogP) is 3.34. The molecule has 0 bridgehead atoms. The molecule has 2 rings (SSSR count). The second-order valence-corrected chi connectivity index (χ2v) is 5.44. The molecule has 82 valence electrons. The van der Waals surface area contributed by atoms with E-state index in [0.29, 0.717) is 5.41 Å². The Morgan fingerprint density at radius 3 is 2.36 bits per heavy atom. The Hall–Kier alpha value is -0.0400. The van der Waals surface area contributed by atoms with Gasteiger partial charge in [0.2, 0.25) is 0 Å².